The van der Waals surface area contributed by atoms with Crippen molar-refractivity contribution < 1.29 is 4.92 Å². The minimum Gasteiger partial charge on any atom is -0.295 e. The van der Waals surface area contributed by atoms with Gasteiger partial charge in [0.15, 0.2) is 11.5 Å². The predicted octanol–water partition coefficient (Wildman–Crippen LogP) is 1.94. The van der Waals surface area contributed by atoms with Crippen LogP contribution in [0.5, 0.6) is 0 Å². The number of fused-ring (bicyclic) bond motifs is 1. The molecule has 90 valence electrons. The normalized spacial score (nSPS) is 10.9. The van der Waals surface area contributed by atoms with Crippen LogP contribution in [-0.4, -0.2) is 24.7 Å². The van der Waals surface area contributed by atoms with E-state index in [0.717, 1.165) is 5.69 Å². The van der Waals surface area contributed by atoms with Gasteiger partial charge >= 0.3 is 0 Å². The second-order valence-electron chi connectivity index (χ2n) is 3.96. The van der Waals surface area contributed by atoms with Crippen LogP contribution in [0, 0.1) is 17.0 Å². The maximum absolute atomic E-state index is 10.7. The minimum absolute atomic E-state index is 0.0347. The molecule has 0 radical (unpaired) electrons. The van der Waals surface area contributed by atoms with Gasteiger partial charge in [-0.15, -0.1) is 10.2 Å². The fourth-order valence-electron chi connectivity index (χ4n) is 1.85. The maximum Gasteiger partial charge on any atom is 0.270 e. The van der Waals surface area contributed by atoms with Gasteiger partial charge in [-0.2, -0.15) is 0 Å². The molecule has 0 aliphatic heterocycles. The van der Waals surface area contributed by atoms with Crippen LogP contribution in [0.25, 0.3) is 17.0 Å². The third-order valence-electron chi connectivity index (χ3n) is 2.64. The number of nitrogens with zero attached hydrogens (tertiary/aromatic N) is 4. The molecule has 0 unspecified atom stereocenters. The lowest BCUT2D eigenvalue weighted by atomic mass is 10.2. The quantitative estimate of drug-likeness (QED) is 0.550. The first-order valence-corrected chi connectivity index (χ1v) is 5.31. The molecule has 18 heavy (non-hydrogen) atoms. The summed E-state index contributed by atoms with van der Waals surface area (Å²) < 4.78 is 1.70. The number of H-pyrrole nitrogens is 1. The highest BCUT2D eigenvalue weighted by molar-refractivity contribution is 5.62. The Balaban J connectivity index is 2.19. The summed E-state index contributed by atoms with van der Waals surface area (Å²) >= 11 is 0. The van der Waals surface area contributed by atoms with E-state index in [4.69, 9.17) is 0 Å². The topological polar surface area (TPSA) is 89.1 Å². The smallest absolute Gasteiger partial charge is 0.270 e. The number of nitrogens with one attached hydrogen (secondary N) is 1. The molecule has 2 heterocycles. The minimum atomic E-state index is -0.429. The molecule has 0 spiro atoms. The molecular weight excluding hydrogens is 234 g/mol. The molecule has 0 aliphatic rings. The van der Waals surface area contributed by atoms with E-state index < -0.39 is 4.92 Å². The number of hydrogen-bond donors (Lipinski definition) is 1. The third-order valence-corrected chi connectivity index (χ3v) is 2.64. The van der Waals surface area contributed by atoms with Gasteiger partial charge < -0.3 is 0 Å². The molecule has 0 bridgehead atoms. The van der Waals surface area contributed by atoms with Crippen LogP contribution in [0.3, 0.4) is 0 Å². The second kappa shape index (κ2) is 3.66. The summed E-state index contributed by atoms with van der Waals surface area (Å²) in [6.45, 7) is 1.91. The zero-order valence-electron chi connectivity index (χ0n) is 9.49. The number of aryl methyl sites for hydroxylation is 1. The lowest BCUT2D eigenvalue weighted by Gasteiger charge is -1.98. The summed E-state index contributed by atoms with van der Waals surface area (Å²) in [4.78, 5) is 10.3. The molecule has 0 saturated heterocycles. The Bertz CT molecular complexity index is 743. The van der Waals surface area contributed by atoms with Crippen molar-refractivity contribution >= 4 is 11.3 Å². The molecule has 3 rings (SSSR count). The van der Waals surface area contributed by atoms with Gasteiger partial charge in [0.2, 0.25) is 0 Å². The van der Waals surface area contributed by atoms with Crippen LogP contribution >= 0.6 is 0 Å². The van der Waals surface area contributed by atoms with Crippen molar-refractivity contribution in [2.24, 2.45) is 0 Å². The number of non-ortho nitro benzene ring substituents is 1. The van der Waals surface area contributed by atoms with Gasteiger partial charge in [0.1, 0.15) is 0 Å². The Labute approximate surface area is 101 Å². The van der Waals surface area contributed by atoms with Crippen molar-refractivity contribution in [2.75, 3.05) is 0 Å². The number of benzene rings is 1. The Kier molecular flexibility index (Phi) is 2.12. The van der Waals surface area contributed by atoms with Crippen molar-refractivity contribution in [3.05, 3.63) is 46.1 Å². The van der Waals surface area contributed by atoms with E-state index in [9.17, 15) is 10.1 Å². The average Bonchev–Trinajstić information content (AvgIpc) is 2.87. The lowest BCUT2D eigenvalue weighted by molar-refractivity contribution is -0.384. The Morgan fingerprint density at radius 2 is 2.17 bits per heavy atom. The van der Waals surface area contributed by atoms with E-state index in [1.165, 1.54) is 12.1 Å². The zero-order chi connectivity index (χ0) is 12.7. The monoisotopic (exact) mass is 243 g/mol. The van der Waals surface area contributed by atoms with Crippen molar-refractivity contribution in [2.45, 2.75) is 6.92 Å². The number of aromatic nitrogens is 4. The summed E-state index contributed by atoms with van der Waals surface area (Å²) in [7, 11) is 0. The second-order valence-corrected chi connectivity index (χ2v) is 3.96. The summed E-state index contributed by atoms with van der Waals surface area (Å²) in [6, 6.07) is 8.17. The van der Waals surface area contributed by atoms with Crippen molar-refractivity contribution in [3.8, 4) is 11.4 Å². The van der Waals surface area contributed by atoms with Gasteiger partial charge in [0.05, 0.1) is 4.92 Å². The molecular formula is C11H9N5O2. The Morgan fingerprint density at radius 3 is 2.94 bits per heavy atom. The molecule has 0 amide bonds. The largest absolute Gasteiger partial charge is 0.295 e. The van der Waals surface area contributed by atoms with Crippen LogP contribution in [0.15, 0.2) is 30.3 Å². The van der Waals surface area contributed by atoms with E-state index in [2.05, 4.69) is 15.3 Å². The maximum atomic E-state index is 10.7. The van der Waals surface area contributed by atoms with Crippen molar-refractivity contribution in [3.63, 3.8) is 0 Å². The van der Waals surface area contributed by atoms with E-state index in [0.29, 0.717) is 17.0 Å². The Hall–Kier alpha value is -2.70. The van der Waals surface area contributed by atoms with E-state index >= 15 is 0 Å². The Morgan fingerprint density at radius 1 is 1.33 bits per heavy atom. The fraction of sp³-hybridized carbons (Fsp3) is 0.0909. The van der Waals surface area contributed by atoms with Crippen LogP contribution in [-0.2, 0) is 0 Å². The van der Waals surface area contributed by atoms with Crippen LogP contribution in [0.4, 0.5) is 5.69 Å². The molecule has 1 N–H and O–H groups in total. The predicted molar refractivity (Wildman–Crippen MR) is 64.2 cm³/mol. The third kappa shape index (κ3) is 1.53. The number of nitro groups is 1. The van der Waals surface area contributed by atoms with Gasteiger partial charge in [-0.1, -0.05) is 12.1 Å². The van der Waals surface area contributed by atoms with Gasteiger partial charge in [-0.3, -0.25) is 15.2 Å². The molecule has 0 atom stereocenters. The summed E-state index contributed by atoms with van der Waals surface area (Å²) in [5.41, 5.74) is 2.33. The molecule has 7 nitrogen and oxygen atoms in total. The SMILES string of the molecule is Cc1cc2nnc(-c3cccc([N+](=O)[O-])c3)n2[nH]1. The molecule has 1 aromatic carbocycles. The van der Waals surface area contributed by atoms with Crippen LogP contribution in [0.1, 0.15) is 5.69 Å². The molecule has 2 aromatic heterocycles. The number of nitro benzene ring substituents is 1. The highest BCUT2D eigenvalue weighted by Crippen LogP contribution is 2.22. The lowest BCUT2D eigenvalue weighted by Crippen LogP contribution is -1.93. The first-order chi connectivity index (χ1) is 8.65. The number of aromatic amines is 1. The summed E-state index contributed by atoms with van der Waals surface area (Å²) in [5, 5.41) is 21.8. The highest BCUT2D eigenvalue weighted by Gasteiger charge is 2.13. The van der Waals surface area contributed by atoms with Crippen molar-refractivity contribution in [1.29, 1.82) is 0 Å². The molecule has 3 aromatic rings. The molecule has 0 fully saturated rings. The zero-order valence-corrected chi connectivity index (χ0v) is 9.49. The standard InChI is InChI=1S/C11H9N5O2/c1-7-5-10-12-13-11(15(10)14-7)8-3-2-4-9(6-8)16(17)18/h2-6,14H,1H3. The van der Waals surface area contributed by atoms with E-state index in [-0.39, 0.29) is 5.69 Å². The highest BCUT2D eigenvalue weighted by atomic mass is 16.6. The van der Waals surface area contributed by atoms with Gasteiger partial charge in [-0.05, 0) is 6.92 Å². The number of rotatable bonds is 2. The van der Waals surface area contributed by atoms with Gasteiger partial charge in [0.25, 0.3) is 5.69 Å². The van der Waals surface area contributed by atoms with Crippen LogP contribution in [0.2, 0.25) is 0 Å². The van der Waals surface area contributed by atoms with Crippen molar-refractivity contribution in [1.82, 2.24) is 19.8 Å². The molecule has 0 aliphatic carbocycles. The average molecular weight is 243 g/mol. The summed E-state index contributed by atoms with van der Waals surface area (Å²) in [5.74, 6) is 0.557. The van der Waals surface area contributed by atoms with Gasteiger partial charge in [0, 0.05) is 29.5 Å². The van der Waals surface area contributed by atoms with E-state index in [1.807, 2.05) is 13.0 Å². The molecule has 7 heteroatoms. The van der Waals surface area contributed by atoms with E-state index in [1.54, 1.807) is 16.6 Å². The first kappa shape index (κ1) is 10.5. The summed E-state index contributed by atoms with van der Waals surface area (Å²) in [6.07, 6.45) is 0. The van der Waals surface area contributed by atoms with Gasteiger partial charge in [-0.25, -0.2) is 4.52 Å². The fourth-order valence-corrected chi connectivity index (χ4v) is 1.85. The molecule has 0 saturated carbocycles. The van der Waals surface area contributed by atoms with Crippen LogP contribution < -0.4 is 0 Å². The number of hydrogen-bond acceptors (Lipinski definition) is 4. The first-order valence-electron chi connectivity index (χ1n) is 5.31.